The summed E-state index contributed by atoms with van der Waals surface area (Å²) in [6.07, 6.45) is 3.84. The van der Waals surface area contributed by atoms with Gasteiger partial charge in [0.15, 0.2) is 17.4 Å². The van der Waals surface area contributed by atoms with Gasteiger partial charge in [0.2, 0.25) is 0 Å². The summed E-state index contributed by atoms with van der Waals surface area (Å²) in [5.41, 5.74) is 3.52. The third-order valence-corrected chi connectivity index (χ3v) is 3.98. The van der Waals surface area contributed by atoms with Gasteiger partial charge in [-0.05, 0) is 28.1 Å². The van der Waals surface area contributed by atoms with Gasteiger partial charge in [-0.1, -0.05) is 30.4 Å². The van der Waals surface area contributed by atoms with Gasteiger partial charge in [0.1, 0.15) is 0 Å². The number of tetrazole rings is 1. The monoisotopic (exact) mass is 323 g/mol. The second-order valence-corrected chi connectivity index (χ2v) is 5.60. The maximum Gasteiger partial charge on any atom is 0.179 e. The number of aromatic nitrogens is 4. The molecule has 0 unspecified atom stereocenters. The van der Waals surface area contributed by atoms with E-state index in [-0.39, 0.29) is 5.75 Å². The number of hydrogen-bond acceptors (Lipinski definition) is 5. The highest BCUT2D eigenvalue weighted by atomic mass is 19.1. The van der Waals surface area contributed by atoms with Crippen molar-refractivity contribution in [2.75, 3.05) is 11.4 Å². The first-order chi connectivity index (χ1) is 11.7. The molecule has 7 heteroatoms. The van der Waals surface area contributed by atoms with E-state index in [1.54, 1.807) is 0 Å². The molecule has 0 radical (unpaired) electrons. The van der Waals surface area contributed by atoms with E-state index in [1.807, 2.05) is 36.4 Å². The smallest absolute Gasteiger partial charge is 0.179 e. The second-order valence-electron chi connectivity index (χ2n) is 5.60. The topological polar surface area (TPSA) is 77.9 Å². The minimum absolute atomic E-state index is 0.337. The molecule has 1 aromatic heterocycles. The van der Waals surface area contributed by atoms with E-state index in [0.717, 1.165) is 22.4 Å². The Balaban J connectivity index is 1.64. The van der Waals surface area contributed by atoms with Crippen LogP contribution >= 0.6 is 0 Å². The molecule has 2 N–H and O–H groups in total. The average molecular weight is 323 g/mol. The summed E-state index contributed by atoms with van der Waals surface area (Å²) >= 11 is 0. The summed E-state index contributed by atoms with van der Waals surface area (Å²) in [7, 11) is 0. The Labute approximate surface area is 137 Å². The summed E-state index contributed by atoms with van der Waals surface area (Å²) in [4.78, 5) is 2.08. The summed E-state index contributed by atoms with van der Waals surface area (Å²) in [5.74, 6) is -0.342. The molecule has 2 heterocycles. The number of halogens is 1. The van der Waals surface area contributed by atoms with Gasteiger partial charge < -0.3 is 10.0 Å². The number of fused-ring (bicyclic) bond motifs is 1. The molecule has 4 rings (SSSR count). The molecule has 0 spiro atoms. The predicted octanol–water partition coefficient (Wildman–Crippen LogP) is 2.74. The maximum absolute atomic E-state index is 13.5. The Hall–Kier alpha value is -3.22. The van der Waals surface area contributed by atoms with Gasteiger partial charge in [-0.25, -0.2) is 9.49 Å². The van der Waals surface area contributed by atoms with Crippen molar-refractivity contribution in [3.8, 4) is 17.1 Å². The molecular formula is C17H14FN5O. The van der Waals surface area contributed by atoms with Crippen molar-refractivity contribution in [3.63, 3.8) is 0 Å². The lowest BCUT2D eigenvalue weighted by molar-refractivity contribution is 0.432. The van der Waals surface area contributed by atoms with Crippen molar-refractivity contribution in [2.45, 2.75) is 6.54 Å². The van der Waals surface area contributed by atoms with E-state index >= 15 is 0 Å². The zero-order valence-corrected chi connectivity index (χ0v) is 12.6. The molecule has 0 aliphatic carbocycles. The van der Waals surface area contributed by atoms with Gasteiger partial charge in [0, 0.05) is 36.0 Å². The number of benzene rings is 2. The normalized spacial score (nSPS) is 13.1. The summed E-state index contributed by atoms with van der Waals surface area (Å²) in [6, 6.07) is 10.7. The van der Waals surface area contributed by atoms with E-state index in [1.165, 1.54) is 12.1 Å². The fourth-order valence-electron chi connectivity index (χ4n) is 2.85. The second kappa shape index (κ2) is 5.77. The Kier molecular flexibility index (Phi) is 3.45. The highest BCUT2D eigenvalue weighted by Gasteiger charge is 2.17. The predicted molar refractivity (Wildman–Crippen MR) is 87.8 cm³/mol. The van der Waals surface area contributed by atoms with Crippen LogP contribution < -0.4 is 4.90 Å². The molecule has 0 atom stereocenters. The van der Waals surface area contributed by atoms with Gasteiger partial charge in [-0.15, -0.1) is 5.10 Å². The van der Waals surface area contributed by atoms with Crippen LogP contribution in [0.5, 0.6) is 5.75 Å². The third kappa shape index (κ3) is 2.60. The van der Waals surface area contributed by atoms with Crippen molar-refractivity contribution >= 4 is 11.8 Å². The van der Waals surface area contributed by atoms with Crippen LogP contribution in [0.2, 0.25) is 0 Å². The van der Waals surface area contributed by atoms with Crippen molar-refractivity contribution in [3.05, 3.63) is 59.4 Å². The molecule has 0 bridgehead atoms. The fourth-order valence-corrected chi connectivity index (χ4v) is 2.85. The summed E-state index contributed by atoms with van der Waals surface area (Å²) in [6.45, 7) is 1.31. The quantitative estimate of drug-likeness (QED) is 0.775. The number of phenolic OH excluding ortho intramolecular Hbond substituents is 1. The Bertz CT molecular complexity index is 907. The first-order valence-electron chi connectivity index (χ1n) is 7.48. The Morgan fingerprint density at radius 1 is 1.25 bits per heavy atom. The molecule has 0 saturated heterocycles. The number of H-pyrrole nitrogens is 1. The molecule has 1 aliphatic heterocycles. The highest BCUT2D eigenvalue weighted by molar-refractivity contribution is 5.73. The molecule has 24 heavy (non-hydrogen) atoms. The summed E-state index contributed by atoms with van der Waals surface area (Å²) < 4.78 is 13.5. The zero-order valence-electron chi connectivity index (χ0n) is 12.6. The van der Waals surface area contributed by atoms with Gasteiger partial charge in [-0.3, -0.25) is 0 Å². The zero-order chi connectivity index (χ0) is 16.5. The number of rotatable bonds is 3. The fraction of sp³-hybridized carbons (Fsp3) is 0.118. The lowest BCUT2D eigenvalue weighted by Gasteiger charge is -2.28. The Morgan fingerprint density at radius 2 is 2.17 bits per heavy atom. The molecule has 3 aromatic rings. The van der Waals surface area contributed by atoms with E-state index in [9.17, 15) is 9.50 Å². The van der Waals surface area contributed by atoms with E-state index in [4.69, 9.17) is 0 Å². The third-order valence-electron chi connectivity index (χ3n) is 3.98. The van der Waals surface area contributed by atoms with Crippen LogP contribution in [0.4, 0.5) is 10.1 Å². The molecular weight excluding hydrogens is 309 g/mol. The number of anilines is 1. The average Bonchev–Trinajstić information content (AvgIpc) is 3.12. The maximum atomic E-state index is 13.5. The van der Waals surface area contributed by atoms with Gasteiger partial charge in [0.05, 0.1) is 0 Å². The van der Waals surface area contributed by atoms with Gasteiger partial charge >= 0.3 is 0 Å². The van der Waals surface area contributed by atoms with E-state index in [0.29, 0.717) is 18.9 Å². The SMILES string of the molecule is Oc1cc2c(cc1F)C=CCN2Cc1cccc(-c2nnn[nH]2)c1. The first kappa shape index (κ1) is 14.4. The molecule has 0 amide bonds. The van der Waals surface area contributed by atoms with Crippen LogP contribution in [0.25, 0.3) is 17.5 Å². The van der Waals surface area contributed by atoms with E-state index in [2.05, 4.69) is 25.5 Å². The minimum Gasteiger partial charge on any atom is -0.505 e. The van der Waals surface area contributed by atoms with Crippen LogP contribution in [0.3, 0.4) is 0 Å². The Morgan fingerprint density at radius 3 is 3.00 bits per heavy atom. The number of aromatic hydroxyl groups is 1. The lowest BCUT2D eigenvalue weighted by atomic mass is 10.0. The number of hydrogen-bond donors (Lipinski definition) is 2. The van der Waals surface area contributed by atoms with Crippen LogP contribution in [-0.4, -0.2) is 32.3 Å². The van der Waals surface area contributed by atoms with Crippen molar-refractivity contribution in [1.29, 1.82) is 0 Å². The molecule has 2 aromatic carbocycles. The molecule has 0 saturated carbocycles. The summed E-state index contributed by atoms with van der Waals surface area (Å²) in [5, 5.41) is 23.5. The van der Waals surface area contributed by atoms with E-state index < -0.39 is 5.82 Å². The van der Waals surface area contributed by atoms with Crippen LogP contribution in [0.15, 0.2) is 42.5 Å². The van der Waals surface area contributed by atoms with Gasteiger partial charge in [-0.2, -0.15) is 0 Å². The molecule has 120 valence electrons. The highest BCUT2D eigenvalue weighted by Crippen LogP contribution is 2.33. The molecule has 1 aliphatic rings. The number of phenols is 1. The van der Waals surface area contributed by atoms with Gasteiger partial charge in [0.25, 0.3) is 0 Å². The minimum atomic E-state index is -0.611. The van der Waals surface area contributed by atoms with Crippen molar-refractivity contribution in [1.82, 2.24) is 20.6 Å². The van der Waals surface area contributed by atoms with Crippen LogP contribution in [-0.2, 0) is 6.54 Å². The standard InChI is InChI=1S/C17H14FN5O/c18-14-8-12-5-2-6-23(15(12)9-16(14)24)10-11-3-1-4-13(7-11)17-19-21-22-20-17/h1-5,7-9,24H,6,10H2,(H,19,20,21,22). The van der Waals surface area contributed by atoms with Crippen LogP contribution in [0.1, 0.15) is 11.1 Å². The molecule has 6 nitrogen and oxygen atoms in total. The van der Waals surface area contributed by atoms with Crippen molar-refractivity contribution in [2.24, 2.45) is 0 Å². The number of aromatic amines is 1. The first-order valence-corrected chi connectivity index (χ1v) is 7.48. The number of nitrogens with zero attached hydrogens (tertiary/aromatic N) is 4. The molecule has 0 fully saturated rings. The number of nitrogens with one attached hydrogen (secondary N) is 1. The van der Waals surface area contributed by atoms with Crippen LogP contribution in [0, 0.1) is 5.82 Å². The largest absolute Gasteiger partial charge is 0.505 e. The van der Waals surface area contributed by atoms with Crippen molar-refractivity contribution < 1.29 is 9.50 Å². The lowest BCUT2D eigenvalue weighted by Crippen LogP contribution is -2.25.